The zero-order valence-corrected chi connectivity index (χ0v) is 22.0. The fourth-order valence-electron chi connectivity index (χ4n) is 6.41. The molecule has 1 heterocycles. The Morgan fingerprint density at radius 1 is 0.575 bits per heavy atom. The zero-order valence-electron chi connectivity index (χ0n) is 22.0. The fourth-order valence-corrected chi connectivity index (χ4v) is 6.41. The molecule has 40 heavy (non-hydrogen) atoms. The molecular weight excluding hydrogens is 486 g/mol. The maximum Gasteiger partial charge on any atom is 0.138 e. The predicted molar refractivity (Wildman–Crippen MR) is 166 cm³/mol. The van der Waals surface area contributed by atoms with Crippen LogP contribution in [0.2, 0.25) is 0 Å². The largest absolute Gasteiger partial charge is 0.456 e. The van der Waals surface area contributed by atoms with Crippen LogP contribution < -0.4 is 4.90 Å². The van der Waals surface area contributed by atoms with E-state index in [0.29, 0.717) is 5.92 Å². The van der Waals surface area contributed by atoms with Gasteiger partial charge in [-0.15, -0.1) is 0 Å². The van der Waals surface area contributed by atoms with Crippen LogP contribution in [0.5, 0.6) is 0 Å². The van der Waals surface area contributed by atoms with Crippen molar-refractivity contribution in [2.45, 2.75) is 12.3 Å². The van der Waals surface area contributed by atoms with E-state index in [-0.39, 0.29) is 0 Å². The van der Waals surface area contributed by atoms with E-state index >= 15 is 0 Å². The van der Waals surface area contributed by atoms with Gasteiger partial charge in [0.15, 0.2) is 0 Å². The molecule has 1 aliphatic rings. The minimum atomic E-state index is 0.307. The van der Waals surface area contributed by atoms with Gasteiger partial charge in [-0.1, -0.05) is 109 Å². The predicted octanol–water partition coefficient (Wildman–Crippen LogP) is 10.4. The van der Waals surface area contributed by atoms with E-state index in [1.54, 1.807) is 0 Å². The molecule has 1 unspecified atom stereocenters. The molecule has 0 radical (unpaired) electrons. The normalized spacial score (nSPS) is 14.2. The number of benzene rings is 6. The van der Waals surface area contributed by atoms with Gasteiger partial charge in [-0.3, -0.25) is 0 Å². The van der Waals surface area contributed by atoms with Crippen molar-refractivity contribution in [3.63, 3.8) is 0 Å². The Morgan fingerprint density at radius 3 is 2.17 bits per heavy atom. The van der Waals surface area contributed by atoms with E-state index < -0.39 is 0 Å². The lowest BCUT2D eigenvalue weighted by Gasteiger charge is -2.27. The molecule has 0 bridgehead atoms. The van der Waals surface area contributed by atoms with Crippen LogP contribution in [0.3, 0.4) is 0 Å². The van der Waals surface area contributed by atoms with Crippen molar-refractivity contribution in [2.75, 3.05) is 4.90 Å². The average molecular weight is 514 g/mol. The first kappa shape index (κ1) is 22.9. The Balaban J connectivity index is 1.31. The highest BCUT2D eigenvalue weighted by atomic mass is 16.3. The van der Waals surface area contributed by atoms with Gasteiger partial charge in [0.1, 0.15) is 11.3 Å². The summed E-state index contributed by atoms with van der Waals surface area (Å²) in [5.41, 5.74) is 9.44. The zero-order chi connectivity index (χ0) is 26.5. The average Bonchev–Trinajstić information content (AvgIpc) is 3.40. The summed E-state index contributed by atoms with van der Waals surface area (Å²) in [6, 6.07) is 52.0. The number of hydrogen-bond acceptors (Lipinski definition) is 2. The molecule has 7 aromatic rings. The van der Waals surface area contributed by atoms with E-state index in [9.17, 15) is 0 Å². The van der Waals surface area contributed by atoms with Crippen molar-refractivity contribution in [1.29, 1.82) is 0 Å². The molecule has 0 amide bonds. The Morgan fingerprint density at radius 2 is 1.30 bits per heavy atom. The molecular formula is C38H27NO. The van der Waals surface area contributed by atoms with Crippen molar-refractivity contribution >= 4 is 38.8 Å². The van der Waals surface area contributed by atoms with Crippen LogP contribution in [0.4, 0.5) is 17.1 Å². The van der Waals surface area contributed by atoms with Crippen molar-refractivity contribution < 1.29 is 4.42 Å². The third kappa shape index (κ3) is 3.65. The lowest BCUT2D eigenvalue weighted by molar-refractivity contribution is 0.615. The molecule has 0 spiro atoms. The van der Waals surface area contributed by atoms with E-state index in [0.717, 1.165) is 34.8 Å². The molecule has 0 saturated heterocycles. The van der Waals surface area contributed by atoms with Crippen LogP contribution in [-0.4, -0.2) is 0 Å². The summed E-state index contributed by atoms with van der Waals surface area (Å²) >= 11 is 0. The lowest BCUT2D eigenvalue weighted by atomic mass is 9.78. The molecule has 1 atom stereocenters. The number of hydrogen-bond donors (Lipinski definition) is 0. The summed E-state index contributed by atoms with van der Waals surface area (Å²) in [4.78, 5) is 2.34. The van der Waals surface area contributed by atoms with E-state index in [2.05, 4.69) is 150 Å². The van der Waals surface area contributed by atoms with Crippen LogP contribution >= 0.6 is 0 Å². The number of furan rings is 1. The standard InChI is InChI=1S/C38H27NO/c1-3-12-27(13-4-1)34-25-35-32-23-22-29(24-37(32)40-38(35)33-20-10-9-19-31(33)34)39(28-16-5-2-6-17-28)36-21-11-15-26-14-7-8-18-30(26)36/h1-24,34H,25H2. The monoisotopic (exact) mass is 513 g/mol. The van der Waals surface area contributed by atoms with Gasteiger partial charge in [0, 0.05) is 45.3 Å². The maximum absolute atomic E-state index is 6.72. The highest BCUT2D eigenvalue weighted by Crippen LogP contribution is 2.48. The summed E-state index contributed by atoms with van der Waals surface area (Å²) < 4.78 is 6.72. The smallest absolute Gasteiger partial charge is 0.138 e. The van der Waals surface area contributed by atoms with Crippen LogP contribution in [0.1, 0.15) is 22.6 Å². The fraction of sp³-hybridized carbons (Fsp3) is 0.0526. The Hall–Kier alpha value is -5.08. The van der Waals surface area contributed by atoms with Gasteiger partial charge in [0.05, 0.1) is 5.69 Å². The minimum absolute atomic E-state index is 0.307. The van der Waals surface area contributed by atoms with Gasteiger partial charge in [-0.25, -0.2) is 0 Å². The molecule has 1 aliphatic carbocycles. The molecule has 6 aromatic carbocycles. The summed E-state index contributed by atoms with van der Waals surface area (Å²) in [5.74, 6) is 1.31. The van der Waals surface area contributed by atoms with Crippen molar-refractivity contribution in [3.8, 4) is 11.3 Å². The summed E-state index contributed by atoms with van der Waals surface area (Å²) in [6.45, 7) is 0. The van der Waals surface area contributed by atoms with Crippen LogP contribution in [0.25, 0.3) is 33.1 Å². The van der Waals surface area contributed by atoms with Gasteiger partial charge in [-0.2, -0.15) is 0 Å². The van der Waals surface area contributed by atoms with E-state index in [1.807, 2.05) is 0 Å². The van der Waals surface area contributed by atoms with Gasteiger partial charge in [0.2, 0.25) is 0 Å². The molecule has 2 heteroatoms. The van der Waals surface area contributed by atoms with Crippen molar-refractivity contribution in [3.05, 3.63) is 162 Å². The number of anilines is 3. The van der Waals surface area contributed by atoms with Gasteiger partial charge in [0.25, 0.3) is 0 Å². The maximum atomic E-state index is 6.72. The van der Waals surface area contributed by atoms with Crippen molar-refractivity contribution in [1.82, 2.24) is 0 Å². The number of rotatable bonds is 4. The topological polar surface area (TPSA) is 16.4 Å². The molecule has 0 N–H and O–H groups in total. The first-order chi connectivity index (χ1) is 19.8. The second-order valence-electron chi connectivity index (χ2n) is 10.5. The number of fused-ring (bicyclic) bond motifs is 6. The summed E-state index contributed by atoms with van der Waals surface area (Å²) in [5, 5.41) is 3.63. The second-order valence-corrected chi connectivity index (χ2v) is 10.5. The Bertz CT molecular complexity index is 1980. The highest BCUT2D eigenvalue weighted by molar-refractivity contribution is 6.00. The molecule has 0 fully saturated rings. The first-order valence-corrected chi connectivity index (χ1v) is 13.9. The molecule has 190 valence electrons. The van der Waals surface area contributed by atoms with Gasteiger partial charge < -0.3 is 9.32 Å². The second kappa shape index (κ2) is 9.29. The third-order valence-corrected chi connectivity index (χ3v) is 8.25. The molecule has 0 saturated carbocycles. The first-order valence-electron chi connectivity index (χ1n) is 13.9. The van der Waals surface area contributed by atoms with E-state index in [1.165, 1.54) is 38.4 Å². The lowest BCUT2D eigenvalue weighted by Crippen LogP contribution is -2.11. The number of nitrogens with zero attached hydrogens (tertiary/aromatic N) is 1. The quantitative estimate of drug-likeness (QED) is 0.233. The molecule has 8 rings (SSSR count). The Labute approximate surface area is 233 Å². The van der Waals surface area contributed by atoms with E-state index in [4.69, 9.17) is 4.42 Å². The van der Waals surface area contributed by atoms with Gasteiger partial charge >= 0.3 is 0 Å². The molecule has 2 nitrogen and oxygen atoms in total. The Kier molecular flexibility index (Phi) is 5.31. The third-order valence-electron chi connectivity index (χ3n) is 8.25. The molecule has 1 aromatic heterocycles. The van der Waals surface area contributed by atoms with Gasteiger partial charge in [-0.05, 0) is 53.3 Å². The summed E-state index contributed by atoms with van der Waals surface area (Å²) in [6.07, 6.45) is 0.925. The van der Waals surface area contributed by atoms with Crippen LogP contribution in [0, 0.1) is 0 Å². The summed E-state index contributed by atoms with van der Waals surface area (Å²) in [7, 11) is 0. The van der Waals surface area contributed by atoms with Crippen molar-refractivity contribution in [2.24, 2.45) is 0 Å². The minimum Gasteiger partial charge on any atom is -0.456 e. The van der Waals surface area contributed by atoms with Crippen LogP contribution in [0.15, 0.2) is 150 Å². The number of para-hydroxylation sites is 1. The van der Waals surface area contributed by atoms with Crippen LogP contribution in [-0.2, 0) is 6.42 Å². The molecule has 0 aliphatic heterocycles. The SMILES string of the molecule is c1ccc(C2Cc3c(oc4cc(N(c5ccccc5)c5cccc6ccccc56)ccc34)-c3ccccc32)cc1. The highest BCUT2D eigenvalue weighted by Gasteiger charge is 2.30.